The Hall–Kier alpha value is -3.41. The predicted molar refractivity (Wildman–Crippen MR) is 172 cm³/mol. The number of benzene rings is 2. The van der Waals surface area contributed by atoms with Gasteiger partial charge in [0.25, 0.3) is 0 Å². The van der Waals surface area contributed by atoms with E-state index in [1.165, 1.54) is 6.07 Å². The molecule has 1 saturated heterocycles. The van der Waals surface area contributed by atoms with Crippen LogP contribution in [0.15, 0.2) is 24.8 Å². The van der Waals surface area contributed by atoms with Crippen LogP contribution in [-0.2, 0) is 20.8 Å². The lowest BCUT2D eigenvalue weighted by molar-refractivity contribution is -0.00516. The highest BCUT2D eigenvalue weighted by molar-refractivity contribution is 7.22. The molecule has 9 nitrogen and oxygen atoms in total. The van der Waals surface area contributed by atoms with Crippen molar-refractivity contribution in [2.24, 2.45) is 0 Å². The molecule has 1 aromatic heterocycles. The van der Waals surface area contributed by atoms with Crippen molar-refractivity contribution in [1.82, 2.24) is 14.8 Å². The maximum atomic E-state index is 15.0. The minimum absolute atomic E-state index is 0.0988. The average Bonchev–Trinajstić information content (AvgIpc) is 3.32. The van der Waals surface area contributed by atoms with E-state index in [1.54, 1.807) is 31.7 Å². The van der Waals surface area contributed by atoms with Gasteiger partial charge in [-0.15, -0.1) is 0 Å². The number of aromatic nitrogens is 1. The molecule has 0 unspecified atom stereocenters. The number of thiazole rings is 1. The van der Waals surface area contributed by atoms with Crippen LogP contribution in [0.2, 0.25) is 5.02 Å². The lowest BCUT2D eigenvalue weighted by Gasteiger charge is -2.45. The zero-order valence-electron chi connectivity index (χ0n) is 26.1. The molecule has 12 heteroatoms. The first-order chi connectivity index (χ1) is 20.5. The summed E-state index contributed by atoms with van der Waals surface area (Å²) in [6.07, 6.45) is -1.01. The van der Waals surface area contributed by atoms with E-state index in [0.717, 1.165) is 33.7 Å². The summed E-state index contributed by atoms with van der Waals surface area (Å²) in [6, 6.07) is 4.80. The number of hydrogen-bond donors (Lipinski definition) is 1. The molecule has 2 amide bonds. The number of halogens is 2. The predicted octanol–water partition coefficient (Wildman–Crippen LogP) is 7.83. The number of nitrogens with zero attached hydrogens (tertiary/aromatic N) is 3. The molecule has 0 radical (unpaired) electrons. The Bertz CT molecular complexity index is 1640. The number of piperazine rings is 1. The van der Waals surface area contributed by atoms with Crippen LogP contribution < -0.4 is 5.32 Å². The van der Waals surface area contributed by atoms with E-state index in [2.05, 4.69) is 21.8 Å². The van der Waals surface area contributed by atoms with Crippen molar-refractivity contribution in [2.45, 2.75) is 72.3 Å². The standard InChI is InChI=1S/C32H38ClFN4O5S/c1-17-22-16-41-15-19-14-37(30(40)43-32(6,7)8)11-12-38(19)18(2)21(22)13-23(33)25(17)20-9-10-24(34)27-26(20)35-28(44-27)36-29(39)42-31(3,4)5/h9-10,13,19H,2,11-12,14-16H2,1,3-8H3,(H,35,36,39)/t19-/m1/s1. The highest BCUT2D eigenvalue weighted by Gasteiger charge is 2.35. The van der Waals surface area contributed by atoms with E-state index in [1.807, 2.05) is 33.8 Å². The van der Waals surface area contributed by atoms with E-state index in [0.29, 0.717) is 59.2 Å². The van der Waals surface area contributed by atoms with Crippen molar-refractivity contribution in [3.8, 4) is 11.1 Å². The molecule has 0 spiro atoms. The summed E-state index contributed by atoms with van der Waals surface area (Å²) in [7, 11) is 0. The number of ether oxygens (including phenoxy) is 3. The minimum Gasteiger partial charge on any atom is -0.444 e. The number of nitrogens with one attached hydrogen (secondary N) is 1. The number of anilines is 1. The quantitative estimate of drug-likeness (QED) is 0.304. The molecule has 2 aromatic carbocycles. The molecule has 3 heterocycles. The van der Waals surface area contributed by atoms with Gasteiger partial charge in [-0.3, -0.25) is 5.32 Å². The highest BCUT2D eigenvalue weighted by Crippen LogP contribution is 2.43. The van der Waals surface area contributed by atoms with Crippen LogP contribution in [0.25, 0.3) is 27.0 Å². The van der Waals surface area contributed by atoms with Crippen LogP contribution in [0, 0.1) is 12.7 Å². The first kappa shape index (κ1) is 32.0. The average molecular weight is 645 g/mol. The second kappa shape index (κ2) is 11.8. The first-order valence-corrected chi connectivity index (χ1v) is 15.6. The molecule has 1 fully saturated rings. The largest absolute Gasteiger partial charge is 0.444 e. The lowest BCUT2D eigenvalue weighted by atomic mass is 9.90. The van der Waals surface area contributed by atoms with Crippen molar-refractivity contribution >= 4 is 56.2 Å². The molecule has 2 aliphatic heterocycles. The van der Waals surface area contributed by atoms with E-state index in [-0.39, 0.29) is 17.3 Å². The highest BCUT2D eigenvalue weighted by atomic mass is 35.5. The van der Waals surface area contributed by atoms with Gasteiger partial charge < -0.3 is 24.0 Å². The smallest absolute Gasteiger partial charge is 0.413 e. The van der Waals surface area contributed by atoms with Gasteiger partial charge in [0.15, 0.2) is 5.13 Å². The maximum Gasteiger partial charge on any atom is 0.413 e. The molecule has 0 saturated carbocycles. The topological polar surface area (TPSA) is 93.2 Å². The van der Waals surface area contributed by atoms with Crippen molar-refractivity contribution < 1.29 is 28.2 Å². The van der Waals surface area contributed by atoms with Gasteiger partial charge >= 0.3 is 12.2 Å². The third-order valence-corrected chi connectivity index (χ3v) is 8.66. The van der Waals surface area contributed by atoms with Crippen LogP contribution in [-0.4, -0.2) is 70.5 Å². The van der Waals surface area contributed by atoms with Gasteiger partial charge in [0.1, 0.15) is 17.0 Å². The lowest BCUT2D eigenvalue weighted by Crippen LogP contribution is -2.56. The van der Waals surface area contributed by atoms with Gasteiger partial charge in [-0.25, -0.2) is 19.0 Å². The third-order valence-electron chi connectivity index (χ3n) is 7.38. The summed E-state index contributed by atoms with van der Waals surface area (Å²) in [6.45, 7) is 19.4. The van der Waals surface area contributed by atoms with E-state index >= 15 is 0 Å². The van der Waals surface area contributed by atoms with Crippen molar-refractivity contribution in [1.29, 1.82) is 0 Å². The Morgan fingerprint density at radius 2 is 1.84 bits per heavy atom. The van der Waals surface area contributed by atoms with Crippen LogP contribution in [0.1, 0.15) is 58.2 Å². The van der Waals surface area contributed by atoms with Crippen LogP contribution in [0.5, 0.6) is 0 Å². The van der Waals surface area contributed by atoms with E-state index in [4.69, 9.17) is 25.8 Å². The first-order valence-electron chi connectivity index (χ1n) is 14.5. The Morgan fingerprint density at radius 1 is 1.14 bits per heavy atom. The second-order valence-corrected chi connectivity index (χ2v) is 14.4. The van der Waals surface area contributed by atoms with Crippen molar-refractivity contribution in [3.05, 3.63) is 52.3 Å². The zero-order chi connectivity index (χ0) is 32.1. The molecule has 236 valence electrons. The summed E-state index contributed by atoms with van der Waals surface area (Å²) in [5, 5.41) is 3.29. The Labute approximate surface area is 265 Å². The fraction of sp³-hybridized carbons (Fsp3) is 0.469. The molecule has 3 aromatic rings. The Kier molecular flexibility index (Phi) is 8.60. The molecule has 0 aliphatic carbocycles. The molecular formula is C32H38ClFN4O5S. The van der Waals surface area contributed by atoms with E-state index in [9.17, 15) is 14.0 Å². The maximum absolute atomic E-state index is 15.0. The van der Waals surface area contributed by atoms with E-state index < -0.39 is 23.1 Å². The number of carbonyl (C=O) groups is 2. The normalized spacial score (nSPS) is 17.5. The molecule has 44 heavy (non-hydrogen) atoms. The summed E-state index contributed by atoms with van der Waals surface area (Å²) in [5.41, 5.74) is 3.89. The molecular weight excluding hydrogens is 607 g/mol. The monoisotopic (exact) mass is 644 g/mol. The minimum atomic E-state index is -0.694. The van der Waals surface area contributed by atoms with Gasteiger partial charge in [0.2, 0.25) is 0 Å². The van der Waals surface area contributed by atoms with Crippen molar-refractivity contribution in [2.75, 3.05) is 31.6 Å². The summed E-state index contributed by atoms with van der Waals surface area (Å²) >= 11 is 8.02. The number of rotatable bonds is 2. The number of hydrogen-bond acceptors (Lipinski definition) is 8. The Morgan fingerprint density at radius 3 is 2.52 bits per heavy atom. The zero-order valence-corrected chi connectivity index (χ0v) is 27.7. The molecule has 1 atom stereocenters. The van der Waals surface area contributed by atoms with Gasteiger partial charge in [-0.05, 0) is 77.8 Å². The fourth-order valence-electron chi connectivity index (χ4n) is 5.51. The molecule has 5 rings (SSSR count). The molecule has 2 aliphatic rings. The van der Waals surface area contributed by atoms with Crippen molar-refractivity contribution in [3.63, 3.8) is 0 Å². The third kappa shape index (κ3) is 6.64. The van der Waals surface area contributed by atoms with Gasteiger partial charge in [-0.2, -0.15) is 0 Å². The molecule has 1 N–H and O–H groups in total. The summed E-state index contributed by atoms with van der Waals surface area (Å²) in [4.78, 5) is 33.6. The number of carbonyl (C=O) groups excluding carboxylic acids is 2. The molecule has 0 bridgehead atoms. The van der Waals surface area contributed by atoms with Crippen LogP contribution >= 0.6 is 22.9 Å². The number of fused-ring (bicyclic) bond motifs is 3. The number of amides is 2. The summed E-state index contributed by atoms with van der Waals surface area (Å²) in [5.74, 6) is -0.452. The van der Waals surface area contributed by atoms with Gasteiger partial charge in [-0.1, -0.05) is 29.5 Å². The second-order valence-electron chi connectivity index (χ2n) is 13.0. The van der Waals surface area contributed by atoms with Gasteiger partial charge in [0, 0.05) is 47.0 Å². The Balaban J connectivity index is 1.47. The fourth-order valence-corrected chi connectivity index (χ4v) is 6.75. The van der Waals surface area contributed by atoms with Crippen LogP contribution in [0.4, 0.5) is 19.1 Å². The SMILES string of the molecule is C=C1c2cc(Cl)c(-c3ccc(F)c4sc(NC(=O)OC(C)(C)C)nc34)c(C)c2COC[C@H]2CN(C(=O)OC(C)(C)C)CCN12. The van der Waals surface area contributed by atoms with Gasteiger partial charge in [0.05, 0.1) is 29.5 Å². The summed E-state index contributed by atoms with van der Waals surface area (Å²) < 4.78 is 32.4. The van der Waals surface area contributed by atoms with Crippen LogP contribution in [0.3, 0.4) is 0 Å².